The van der Waals surface area contributed by atoms with Crippen LogP contribution in [-0.2, 0) is 12.3 Å². The molecule has 0 amide bonds. The van der Waals surface area contributed by atoms with Crippen LogP contribution < -0.4 is 5.73 Å². The number of thioether (sulfide) groups is 1. The van der Waals surface area contributed by atoms with Crippen LogP contribution in [0.15, 0.2) is 41.7 Å². The van der Waals surface area contributed by atoms with E-state index in [1.807, 2.05) is 24.3 Å². The third-order valence-electron chi connectivity index (χ3n) is 2.19. The summed E-state index contributed by atoms with van der Waals surface area (Å²) in [6.07, 6.45) is 3.47. The predicted octanol–water partition coefficient (Wildman–Crippen LogP) is 2.88. The molecule has 0 aliphatic carbocycles. The maximum absolute atomic E-state index is 5.82. The topological polar surface area (TPSA) is 51.8 Å². The lowest BCUT2D eigenvalue weighted by Gasteiger charge is -2.02. The van der Waals surface area contributed by atoms with Gasteiger partial charge in [0.15, 0.2) is 0 Å². The average molecular weight is 266 g/mol. The number of aromatic nitrogens is 2. The molecule has 0 aliphatic heterocycles. The monoisotopic (exact) mass is 265 g/mol. The molecule has 0 saturated heterocycles. The van der Waals surface area contributed by atoms with Crippen LogP contribution in [0.2, 0.25) is 5.02 Å². The lowest BCUT2D eigenvalue weighted by Crippen LogP contribution is -2.00. The summed E-state index contributed by atoms with van der Waals surface area (Å²) >= 11 is 7.46. The van der Waals surface area contributed by atoms with Crippen molar-refractivity contribution in [1.82, 2.24) is 9.97 Å². The summed E-state index contributed by atoms with van der Waals surface area (Å²) in [5.74, 6) is 0.855. The van der Waals surface area contributed by atoms with Gasteiger partial charge in [0.2, 0.25) is 0 Å². The summed E-state index contributed by atoms with van der Waals surface area (Å²) in [5, 5.41) is 1.66. The third kappa shape index (κ3) is 3.70. The van der Waals surface area contributed by atoms with E-state index in [0.29, 0.717) is 6.54 Å². The molecule has 0 unspecified atom stereocenters. The maximum atomic E-state index is 5.82. The van der Waals surface area contributed by atoms with E-state index in [0.717, 1.165) is 21.5 Å². The van der Waals surface area contributed by atoms with Gasteiger partial charge in [-0.15, -0.1) is 11.8 Å². The molecule has 17 heavy (non-hydrogen) atoms. The van der Waals surface area contributed by atoms with Gasteiger partial charge >= 0.3 is 0 Å². The van der Waals surface area contributed by atoms with E-state index in [2.05, 4.69) is 9.97 Å². The Kier molecular flexibility index (Phi) is 4.36. The summed E-state index contributed by atoms with van der Waals surface area (Å²) in [6.45, 7) is 0.426. The normalized spacial score (nSPS) is 10.5. The van der Waals surface area contributed by atoms with Crippen molar-refractivity contribution >= 4 is 23.4 Å². The summed E-state index contributed by atoms with van der Waals surface area (Å²) in [4.78, 5) is 8.47. The Hall–Kier alpha value is -1.10. The first-order valence-electron chi connectivity index (χ1n) is 5.16. The number of benzene rings is 1. The smallest absolute Gasteiger partial charge is 0.115 e. The maximum Gasteiger partial charge on any atom is 0.115 e. The van der Waals surface area contributed by atoms with Crippen molar-refractivity contribution in [3.63, 3.8) is 0 Å². The number of hydrogen-bond donors (Lipinski definition) is 1. The van der Waals surface area contributed by atoms with E-state index in [1.54, 1.807) is 24.2 Å². The zero-order valence-electron chi connectivity index (χ0n) is 9.14. The molecule has 0 radical (unpaired) electrons. The number of hydrogen-bond acceptors (Lipinski definition) is 4. The van der Waals surface area contributed by atoms with Crippen LogP contribution in [0.5, 0.6) is 0 Å². The van der Waals surface area contributed by atoms with Crippen LogP contribution in [0.4, 0.5) is 0 Å². The van der Waals surface area contributed by atoms with Gasteiger partial charge in [-0.1, -0.05) is 23.7 Å². The van der Waals surface area contributed by atoms with Gasteiger partial charge in [-0.25, -0.2) is 4.98 Å². The zero-order chi connectivity index (χ0) is 12.1. The molecule has 0 fully saturated rings. The minimum atomic E-state index is 0.426. The molecular weight excluding hydrogens is 254 g/mol. The Morgan fingerprint density at radius 1 is 1.12 bits per heavy atom. The van der Waals surface area contributed by atoms with Crippen molar-refractivity contribution in [3.05, 3.63) is 52.9 Å². The van der Waals surface area contributed by atoms with E-state index >= 15 is 0 Å². The Balaban J connectivity index is 1.95. The van der Waals surface area contributed by atoms with E-state index in [-0.39, 0.29) is 0 Å². The molecular formula is C12H12ClN3S. The molecule has 2 rings (SSSR count). The van der Waals surface area contributed by atoms with Gasteiger partial charge in [0.1, 0.15) is 5.03 Å². The standard InChI is InChI=1S/C12H12ClN3S/c13-10-3-1-9(2-4-10)8-17-12-7-15-11(5-14)6-16-12/h1-4,6-7H,5,8,14H2. The largest absolute Gasteiger partial charge is 0.325 e. The van der Waals surface area contributed by atoms with Crippen LogP contribution in [0.25, 0.3) is 0 Å². The first-order valence-corrected chi connectivity index (χ1v) is 6.52. The Labute approximate surface area is 109 Å². The molecule has 3 nitrogen and oxygen atoms in total. The van der Waals surface area contributed by atoms with Crippen molar-refractivity contribution in [1.29, 1.82) is 0 Å². The first kappa shape index (κ1) is 12.4. The molecule has 0 bridgehead atoms. The van der Waals surface area contributed by atoms with Crippen molar-refractivity contribution < 1.29 is 0 Å². The first-order chi connectivity index (χ1) is 8.28. The second-order valence-corrected chi connectivity index (χ2v) is 4.90. The van der Waals surface area contributed by atoms with Gasteiger partial charge in [0.25, 0.3) is 0 Å². The van der Waals surface area contributed by atoms with Gasteiger partial charge in [-0.05, 0) is 17.7 Å². The summed E-state index contributed by atoms with van der Waals surface area (Å²) < 4.78 is 0. The molecule has 5 heteroatoms. The van der Waals surface area contributed by atoms with E-state index in [1.165, 1.54) is 5.56 Å². The van der Waals surface area contributed by atoms with Crippen molar-refractivity contribution in [3.8, 4) is 0 Å². The van der Waals surface area contributed by atoms with Gasteiger partial charge in [0.05, 0.1) is 18.1 Å². The highest BCUT2D eigenvalue weighted by Crippen LogP contribution is 2.21. The highest BCUT2D eigenvalue weighted by atomic mass is 35.5. The van der Waals surface area contributed by atoms with E-state index in [4.69, 9.17) is 17.3 Å². The zero-order valence-corrected chi connectivity index (χ0v) is 10.7. The van der Waals surface area contributed by atoms with Crippen LogP contribution in [-0.4, -0.2) is 9.97 Å². The number of nitrogens with two attached hydrogens (primary N) is 1. The molecule has 88 valence electrons. The summed E-state index contributed by atoms with van der Waals surface area (Å²) in [7, 11) is 0. The number of nitrogens with zero attached hydrogens (tertiary/aromatic N) is 2. The number of rotatable bonds is 4. The highest BCUT2D eigenvalue weighted by molar-refractivity contribution is 7.98. The van der Waals surface area contributed by atoms with Crippen LogP contribution >= 0.6 is 23.4 Å². The van der Waals surface area contributed by atoms with Gasteiger partial charge in [-0.2, -0.15) is 0 Å². The van der Waals surface area contributed by atoms with E-state index < -0.39 is 0 Å². The fourth-order valence-electron chi connectivity index (χ4n) is 1.26. The molecule has 2 N–H and O–H groups in total. The summed E-state index contributed by atoms with van der Waals surface area (Å²) in [5.41, 5.74) is 7.48. The average Bonchev–Trinajstić information content (AvgIpc) is 2.39. The third-order valence-corrected chi connectivity index (χ3v) is 3.43. The van der Waals surface area contributed by atoms with Crippen molar-refractivity contribution in [2.24, 2.45) is 5.73 Å². The van der Waals surface area contributed by atoms with Crippen molar-refractivity contribution in [2.75, 3.05) is 0 Å². The van der Waals surface area contributed by atoms with Gasteiger partial charge in [-0.3, -0.25) is 4.98 Å². The second kappa shape index (κ2) is 6.00. The fourth-order valence-corrected chi connectivity index (χ4v) is 2.15. The Morgan fingerprint density at radius 2 is 1.88 bits per heavy atom. The van der Waals surface area contributed by atoms with Crippen LogP contribution in [0, 0.1) is 0 Å². The van der Waals surface area contributed by atoms with E-state index in [9.17, 15) is 0 Å². The minimum Gasteiger partial charge on any atom is -0.325 e. The molecule has 0 aliphatic rings. The number of halogens is 1. The van der Waals surface area contributed by atoms with Gasteiger partial charge < -0.3 is 5.73 Å². The second-order valence-electron chi connectivity index (χ2n) is 3.47. The molecule has 0 atom stereocenters. The molecule has 1 heterocycles. The SMILES string of the molecule is NCc1cnc(SCc2ccc(Cl)cc2)cn1. The lowest BCUT2D eigenvalue weighted by molar-refractivity contribution is 0.923. The lowest BCUT2D eigenvalue weighted by atomic mass is 10.2. The predicted molar refractivity (Wildman–Crippen MR) is 70.9 cm³/mol. The molecule has 0 saturated carbocycles. The Bertz CT molecular complexity index is 470. The van der Waals surface area contributed by atoms with Gasteiger partial charge in [0, 0.05) is 17.3 Å². The summed E-state index contributed by atoms with van der Waals surface area (Å²) in [6, 6.07) is 7.80. The fraction of sp³-hybridized carbons (Fsp3) is 0.167. The molecule has 1 aromatic carbocycles. The molecule has 2 aromatic rings. The minimum absolute atomic E-state index is 0.426. The van der Waals surface area contributed by atoms with Crippen molar-refractivity contribution in [2.45, 2.75) is 17.3 Å². The molecule has 0 spiro atoms. The molecule has 1 aromatic heterocycles. The van der Waals surface area contributed by atoms with Crippen LogP contribution in [0.1, 0.15) is 11.3 Å². The van der Waals surface area contributed by atoms with Crippen LogP contribution in [0.3, 0.4) is 0 Å². The highest BCUT2D eigenvalue weighted by Gasteiger charge is 1.99. The Morgan fingerprint density at radius 3 is 2.47 bits per heavy atom. The quantitative estimate of drug-likeness (QED) is 0.864.